The molecule has 0 saturated heterocycles. The van der Waals surface area contributed by atoms with Crippen molar-refractivity contribution in [1.29, 1.82) is 5.26 Å². The molecular formula is C13H9ClN4. The van der Waals surface area contributed by atoms with Gasteiger partial charge in [-0.2, -0.15) is 10.4 Å². The fraction of sp³-hybridized carbons (Fsp3) is 0. The van der Waals surface area contributed by atoms with Crippen molar-refractivity contribution in [1.82, 2.24) is 4.98 Å². The number of pyridine rings is 1. The second-order valence-corrected chi connectivity index (χ2v) is 3.80. The molecule has 0 spiro atoms. The second kappa shape index (κ2) is 5.80. The highest BCUT2D eigenvalue weighted by atomic mass is 35.5. The van der Waals surface area contributed by atoms with Gasteiger partial charge >= 0.3 is 0 Å². The van der Waals surface area contributed by atoms with Gasteiger partial charge in [0.25, 0.3) is 0 Å². The Bertz CT molecular complexity index is 585. The van der Waals surface area contributed by atoms with Crippen LogP contribution in [0.1, 0.15) is 11.1 Å². The lowest BCUT2D eigenvalue weighted by atomic mass is 10.2. The van der Waals surface area contributed by atoms with Gasteiger partial charge in [0.05, 0.1) is 17.3 Å². The molecule has 5 heteroatoms. The fourth-order valence-corrected chi connectivity index (χ4v) is 1.46. The molecule has 0 fully saturated rings. The first kappa shape index (κ1) is 12.1. The van der Waals surface area contributed by atoms with Crippen LogP contribution in [0.25, 0.3) is 0 Å². The molecule has 2 rings (SSSR count). The lowest BCUT2D eigenvalue weighted by molar-refractivity contribution is 1.31. The average molecular weight is 257 g/mol. The molecule has 18 heavy (non-hydrogen) atoms. The third-order valence-electron chi connectivity index (χ3n) is 2.22. The molecule has 0 aliphatic heterocycles. The van der Waals surface area contributed by atoms with E-state index in [4.69, 9.17) is 16.9 Å². The van der Waals surface area contributed by atoms with E-state index in [1.165, 1.54) is 0 Å². The summed E-state index contributed by atoms with van der Waals surface area (Å²) in [5.41, 5.74) is 4.97. The minimum atomic E-state index is 0.349. The van der Waals surface area contributed by atoms with Gasteiger partial charge in [-0.3, -0.25) is 10.4 Å². The first-order valence-corrected chi connectivity index (χ1v) is 5.57. The maximum atomic E-state index is 8.67. The Morgan fingerprint density at radius 3 is 2.44 bits per heavy atom. The number of benzene rings is 1. The number of anilines is 1. The van der Waals surface area contributed by atoms with Crippen LogP contribution in [0.2, 0.25) is 0 Å². The third kappa shape index (κ3) is 3.06. The molecule has 0 aliphatic carbocycles. The number of hydrazone groups is 1. The summed E-state index contributed by atoms with van der Waals surface area (Å²) in [6, 6.07) is 12.5. The topological polar surface area (TPSA) is 61.1 Å². The van der Waals surface area contributed by atoms with Crippen LogP contribution in [0.15, 0.2) is 53.9 Å². The van der Waals surface area contributed by atoms with Crippen LogP contribution in [0.4, 0.5) is 5.69 Å². The Labute approximate surface area is 110 Å². The summed E-state index contributed by atoms with van der Waals surface area (Å²) in [7, 11) is 0. The number of nitrogens with one attached hydrogen (secondary N) is 1. The first-order chi connectivity index (χ1) is 8.79. The Morgan fingerprint density at radius 2 is 1.83 bits per heavy atom. The number of hydrogen-bond donors (Lipinski definition) is 1. The van der Waals surface area contributed by atoms with E-state index in [-0.39, 0.29) is 0 Å². The highest BCUT2D eigenvalue weighted by Gasteiger charge is 1.98. The van der Waals surface area contributed by atoms with E-state index >= 15 is 0 Å². The van der Waals surface area contributed by atoms with Gasteiger partial charge < -0.3 is 0 Å². The lowest BCUT2D eigenvalue weighted by Crippen LogP contribution is -1.97. The molecule has 0 unspecified atom stereocenters. The third-order valence-corrected chi connectivity index (χ3v) is 2.52. The average Bonchev–Trinajstić information content (AvgIpc) is 2.46. The second-order valence-electron chi connectivity index (χ2n) is 3.44. The zero-order valence-corrected chi connectivity index (χ0v) is 10.1. The van der Waals surface area contributed by atoms with Crippen molar-refractivity contribution in [3.8, 4) is 6.07 Å². The Hall–Kier alpha value is -2.38. The summed E-state index contributed by atoms with van der Waals surface area (Å²) >= 11 is 6.02. The van der Waals surface area contributed by atoms with Crippen molar-refractivity contribution in [2.45, 2.75) is 0 Å². The van der Waals surface area contributed by atoms with Gasteiger partial charge in [-0.25, -0.2) is 0 Å². The maximum absolute atomic E-state index is 8.67. The van der Waals surface area contributed by atoms with Crippen molar-refractivity contribution < 1.29 is 0 Å². The molecule has 2 aromatic rings. The summed E-state index contributed by atoms with van der Waals surface area (Å²) in [6.45, 7) is 0. The number of hydrogen-bond acceptors (Lipinski definition) is 4. The lowest BCUT2D eigenvalue weighted by Gasteiger charge is -2.01. The van der Waals surface area contributed by atoms with Crippen molar-refractivity contribution >= 4 is 22.5 Å². The van der Waals surface area contributed by atoms with E-state index in [1.54, 1.807) is 48.8 Å². The van der Waals surface area contributed by atoms with Crippen LogP contribution in [0.3, 0.4) is 0 Å². The van der Waals surface area contributed by atoms with Crippen molar-refractivity contribution in [2.75, 3.05) is 5.43 Å². The molecule has 4 nitrogen and oxygen atoms in total. The van der Waals surface area contributed by atoms with Crippen molar-refractivity contribution in [3.63, 3.8) is 0 Å². The monoisotopic (exact) mass is 256 g/mol. The van der Waals surface area contributed by atoms with Crippen molar-refractivity contribution in [2.24, 2.45) is 5.10 Å². The molecule has 0 atom stereocenters. The minimum Gasteiger partial charge on any atom is -0.277 e. The normalized spacial score (nSPS) is 10.8. The number of nitrogens with zero attached hydrogens (tertiary/aromatic N) is 3. The molecule has 0 bridgehead atoms. The fourth-order valence-electron chi connectivity index (χ4n) is 1.29. The molecule has 88 valence electrons. The largest absolute Gasteiger partial charge is 0.277 e. The number of rotatable bonds is 3. The molecule has 0 amide bonds. The van der Waals surface area contributed by atoms with Gasteiger partial charge in [0.15, 0.2) is 5.17 Å². The molecule has 0 aliphatic rings. The molecule has 1 aromatic carbocycles. The molecular weight excluding hydrogens is 248 g/mol. The highest BCUT2D eigenvalue weighted by Crippen LogP contribution is 2.10. The quantitative estimate of drug-likeness (QED) is 0.678. The van der Waals surface area contributed by atoms with Crippen LogP contribution in [-0.2, 0) is 0 Å². The summed E-state index contributed by atoms with van der Waals surface area (Å²) in [6.07, 6.45) is 3.30. The van der Waals surface area contributed by atoms with Crippen LogP contribution in [-0.4, -0.2) is 10.2 Å². The maximum Gasteiger partial charge on any atom is 0.156 e. The molecule has 0 radical (unpaired) electrons. The highest BCUT2D eigenvalue weighted by molar-refractivity contribution is 6.69. The van der Waals surface area contributed by atoms with E-state index in [0.29, 0.717) is 10.7 Å². The predicted molar refractivity (Wildman–Crippen MR) is 71.4 cm³/mol. The van der Waals surface area contributed by atoms with Crippen LogP contribution >= 0.6 is 11.6 Å². The zero-order chi connectivity index (χ0) is 12.8. The number of aromatic nitrogens is 1. The molecule has 0 saturated carbocycles. The first-order valence-electron chi connectivity index (χ1n) is 5.19. The Balaban J connectivity index is 2.08. The smallest absolute Gasteiger partial charge is 0.156 e. The van der Waals surface area contributed by atoms with E-state index in [0.717, 1.165) is 11.3 Å². The zero-order valence-electron chi connectivity index (χ0n) is 9.34. The minimum absolute atomic E-state index is 0.349. The Morgan fingerprint density at radius 1 is 1.17 bits per heavy atom. The van der Waals surface area contributed by atoms with E-state index in [1.807, 2.05) is 6.07 Å². The van der Waals surface area contributed by atoms with Crippen LogP contribution < -0.4 is 5.43 Å². The standard InChI is InChI=1S/C13H9ClN4/c14-13(11-5-7-16-8-6-11)18-17-12-3-1-10(9-15)2-4-12/h1-8,17H/b18-13-. The molecule has 1 aromatic heterocycles. The van der Waals surface area contributed by atoms with E-state index < -0.39 is 0 Å². The Kier molecular flexibility index (Phi) is 3.90. The van der Waals surface area contributed by atoms with Gasteiger partial charge in [0.1, 0.15) is 0 Å². The van der Waals surface area contributed by atoms with E-state index in [9.17, 15) is 0 Å². The van der Waals surface area contributed by atoms with E-state index in [2.05, 4.69) is 15.5 Å². The summed E-state index contributed by atoms with van der Waals surface area (Å²) in [5, 5.41) is 13.1. The van der Waals surface area contributed by atoms with Gasteiger partial charge in [-0.15, -0.1) is 0 Å². The van der Waals surface area contributed by atoms with Crippen LogP contribution in [0.5, 0.6) is 0 Å². The SMILES string of the molecule is N#Cc1ccc(N/N=C(\Cl)c2ccncc2)cc1. The number of halogens is 1. The van der Waals surface area contributed by atoms with Gasteiger partial charge in [-0.05, 0) is 36.4 Å². The van der Waals surface area contributed by atoms with Crippen LogP contribution in [0, 0.1) is 11.3 Å². The van der Waals surface area contributed by atoms with Gasteiger partial charge in [0, 0.05) is 18.0 Å². The van der Waals surface area contributed by atoms with Gasteiger partial charge in [0.2, 0.25) is 0 Å². The van der Waals surface area contributed by atoms with Crippen molar-refractivity contribution in [3.05, 3.63) is 59.9 Å². The molecule has 1 heterocycles. The molecule has 1 N–H and O–H groups in total. The summed E-state index contributed by atoms with van der Waals surface area (Å²) in [5.74, 6) is 0. The van der Waals surface area contributed by atoms with Gasteiger partial charge in [-0.1, -0.05) is 11.6 Å². The predicted octanol–water partition coefficient (Wildman–Crippen LogP) is 2.97. The summed E-state index contributed by atoms with van der Waals surface area (Å²) in [4.78, 5) is 3.90. The number of nitriles is 1. The summed E-state index contributed by atoms with van der Waals surface area (Å²) < 4.78 is 0.